The van der Waals surface area contributed by atoms with Crippen molar-refractivity contribution in [2.45, 2.75) is 12.5 Å². The van der Waals surface area contributed by atoms with Crippen LogP contribution in [0.1, 0.15) is 12.0 Å². The van der Waals surface area contributed by atoms with Crippen LogP contribution < -0.4 is 4.74 Å². The molecule has 0 spiro atoms. The highest BCUT2D eigenvalue weighted by Crippen LogP contribution is 2.22. The van der Waals surface area contributed by atoms with Crippen LogP contribution in [0.15, 0.2) is 29.3 Å². The molecule has 2 rings (SSSR count). The lowest BCUT2D eigenvalue weighted by atomic mass is 10.2. The van der Waals surface area contributed by atoms with Gasteiger partial charge in [0.25, 0.3) is 0 Å². The van der Waals surface area contributed by atoms with Crippen LogP contribution in [0.25, 0.3) is 0 Å². The van der Waals surface area contributed by atoms with E-state index in [2.05, 4.69) is 4.99 Å². The minimum atomic E-state index is -0.872. The molecule has 1 unspecified atom stereocenters. The molecule has 0 bridgehead atoms. The molecule has 1 aliphatic rings. The zero-order valence-corrected chi connectivity index (χ0v) is 9.42. The van der Waals surface area contributed by atoms with E-state index in [0.717, 1.165) is 5.56 Å². The Morgan fingerprint density at radius 1 is 1.59 bits per heavy atom. The van der Waals surface area contributed by atoms with Crippen molar-refractivity contribution in [1.82, 2.24) is 0 Å². The quantitative estimate of drug-likeness (QED) is 0.854. The summed E-state index contributed by atoms with van der Waals surface area (Å²) >= 11 is 0. The Hall–Kier alpha value is -2.04. The highest BCUT2D eigenvalue weighted by atomic mass is 16.5. The van der Waals surface area contributed by atoms with E-state index in [4.69, 9.17) is 14.6 Å². The third-order valence-electron chi connectivity index (χ3n) is 2.46. The molecule has 0 aromatic heterocycles. The Labute approximate surface area is 98.7 Å². The van der Waals surface area contributed by atoms with Crippen LogP contribution in [0, 0.1) is 0 Å². The van der Waals surface area contributed by atoms with E-state index in [1.54, 1.807) is 7.11 Å². The number of para-hydroxylation sites is 1. The molecule has 0 saturated heterocycles. The van der Waals surface area contributed by atoms with Crippen molar-refractivity contribution < 1.29 is 19.4 Å². The van der Waals surface area contributed by atoms with Gasteiger partial charge in [-0.1, -0.05) is 12.1 Å². The fourth-order valence-corrected chi connectivity index (χ4v) is 1.69. The molecular weight excluding hydrogens is 222 g/mol. The molecule has 1 heterocycles. The molecular formula is C12H13NO4. The molecule has 17 heavy (non-hydrogen) atoms. The number of hydrogen-bond donors (Lipinski definition) is 1. The van der Waals surface area contributed by atoms with Gasteiger partial charge in [0.1, 0.15) is 12.4 Å². The lowest BCUT2D eigenvalue weighted by Gasteiger charge is -2.06. The van der Waals surface area contributed by atoms with Crippen molar-refractivity contribution in [3.05, 3.63) is 29.8 Å². The maximum Gasteiger partial charge on any atom is 0.305 e. The summed E-state index contributed by atoms with van der Waals surface area (Å²) in [6, 6.07) is 7.04. The smallest absolute Gasteiger partial charge is 0.305 e. The second-order valence-corrected chi connectivity index (χ2v) is 3.70. The average molecular weight is 235 g/mol. The number of nitrogens with zero attached hydrogens (tertiary/aromatic N) is 1. The Morgan fingerprint density at radius 3 is 3.06 bits per heavy atom. The molecule has 0 saturated carbocycles. The van der Waals surface area contributed by atoms with Gasteiger partial charge >= 0.3 is 5.97 Å². The monoisotopic (exact) mass is 235 g/mol. The van der Waals surface area contributed by atoms with E-state index < -0.39 is 5.97 Å². The van der Waals surface area contributed by atoms with Gasteiger partial charge in [-0.3, -0.25) is 4.79 Å². The summed E-state index contributed by atoms with van der Waals surface area (Å²) in [5, 5.41) is 8.68. The standard InChI is InChI=1S/C12H13NO4/c1-16-10-5-3-2-4-9(10)12-13-8(7-17-12)6-11(14)15/h2-5,8H,6-7H2,1H3,(H,14,15). The van der Waals surface area contributed by atoms with Gasteiger partial charge in [-0.15, -0.1) is 0 Å². The van der Waals surface area contributed by atoms with Crippen LogP contribution in [0.2, 0.25) is 0 Å². The lowest BCUT2D eigenvalue weighted by Crippen LogP contribution is -2.12. The first-order chi connectivity index (χ1) is 8.20. The van der Waals surface area contributed by atoms with E-state index in [1.807, 2.05) is 24.3 Å². The minimum Gasteiger partial charge on any atom is -0.496 e. The molecule has 1 aromatic carbocycles. The van der Waals surface area contributed by atoms with E-state index in [1.165, 1.54) is 0 Å². The van der Waals surface area contributed by atoms with Crippen molar-refractivity contribution in [2.24, 2.45) is 4.99 Å². The second-order valence-electron chi connectivity index (χ2n) is 3.70. The molecule has 0 fully saturated rings. The number of carbonyl (C=O) groups is 1. The van der Waals surface area contributed by atoms with E-state index in [9.17, 15) is 4.79 Å². The summed E-state index contributed by atoms with van der Waals surface area (Å²) in [4.78, 5) is 14.8. The van der Waals surface area contributed by atoms with Crippen LogP contribution in [0.4, 0.5) is 0 Å². The van der Waals surface area contributed by atoms with E-state index in [0.29, 0.717) is 18.3 Å². The Morgan fingerprint density at radius 2 is 2.35 bits per heavy atom. The molecule has 5 heteroatoms. The van der Waals surface area contributed by atoms with E-state index >= 15 is 0 Å². The summed E-state index contributed by atoms with van der Waals surface area (Å²) in [6.07, 6.45) is -0.0152. The van der Waals surface area contributed by atoms with Gasteiger partial charge in [-0.25, -0.2) is 4.99 Å². The first-order valence-corrected chi connectivity index (χ1v) is 5.26. The van der Waals surface area contributed by atoms with Crippen LogP contribution >= 0.6 is 0 Å². The van der Waals surface area contributed by atoms with Crippen molar-refractivity contribution in [2.75, 3.05) is 13.7 Å². The number of hydrogen-bond acceptors (Lipinski definition) is 4. The molecule has 1 aliphatic heterocycles. The van der Waals surface area contributed by atoms with E-state index in [-0.39, 0.29) is 12.5 Å². The summed E-state index contributed by atoms with van der Waals surface area (Å²) in [7, 11) is 1.57. The maximum atomic E-state index is 10.6. The maximum absolute atomic E-state index is 10.6. The Bertz CT molecular complexity index is 456. The van der Waals surface area contributed by atoms with Crippen LogP contribution in [-0.4, -0.2) is 36.7 Å². The van der Waals surface area contributed by atoms with Crippen LogP contribution in [-0.2, 0) is 9.53 Å². The van der Waals surface area contributed by atoms with Gasteiger partial charge in [0.2, 0.25) is 5.90 Å². The molecule has 1 N–H and O–H groups in total. The number of benzene rings is 1. The largest absolute Gasteiger partial charge is 0.496 e. The topological polar surface area (TPSA) is 68.1 Å². The van der Waals surface area contributed by atoms with Crippen LogP contribution in [0.5, 0.6) is 5.75 Å². The molecule has 0 radical (unpaired) electrons. The number of methoxy groups -OCH3 is 1. The van der Waals surface area contributed by atoms with Gasteiger partial charge in [0.05, 0.1) is 25.1 Å². The number of rotatable bonds is 4. The summed E-state index contributed by atoms with van der Waals surface area (Å²) in [6.45, 7) is 0.305. The number of aliphatic carboxylic acids is 1. The molecule has 90 valence electrons. The molecule has 0 amide bonds. The predicted octanol–water partition coefficient (Wildman–Crippen LogP) is 1.32. The summed E-state index contributed by atoms with van der Waals surface area (Å²) in [5.41, 5.74) is 0.753. The highest BCUT2D eigenvalue weighted by molar-refractivity contribution is 5.98. The zero-order valence-electron chi connectivity index (χ0n) is 9.42. The van der Waals surface area contributed by atoms with Crippen molar-refractivity contribution in [3.63, 3.8) is 0 Å². The zero-order chi connectivity index (χ0) is 12.3. The van der Waals surface area contributed by atoms with Crippen molar-refractivity contribution in [1.29, 1.82) is 0 Å². The van der Waals surface area contributed by atoms with Gasteiger partial charge in [0, 0.05) is 0 Å². The normalized spacial score (nSPS) is 18.4. The SMILES string of the molecule is COc1ccccc1C1=NC(CC(=O)O)CO1. The van der Waals surface area contributed by atoms with Crippen LogP contribution in [0.3, 0.4) is 0 Å². The predicted molar refractivity (Wildman–Crippen MR) is 61.5 cm³/mol. The second kappa shape index (κ2) is 4.86. The fraction of sp³-hybridized carbons (Fsp3) is 0.333. The molecule has 0 aliphatic carbocycles. The van der Waals surface area contributed by atoms with Crippen molar-refractivity contribution >= 4 is 11.9 Å². The van der Waals surface area contributed by atoms with Crippen molar-refractivity contribution in [3.8, 4) is 5.75 Å². The highest BCUT2D eigenvalue weighted by Gasteiger charge is 2.24. The van der Waals surface area contributed by atoms with Gasteiger partial charge in [0.15, 0.2) is 0 Å². The number of aliphatic imine (C=N–C) groups is 1. The lowest BCUT2D eigenvalue weighted by molar-refractivity contribution is -0.137. The number of carboxylic acids is 1. The molecule has 1 atom stereocenters. The first kappa shape index (κ1) is 11.4. The minimum absolute atomic E-state index is 0.0152. The summed E-state index contributed by atoms with van der Waals surface area (Å²) < 4.78 is 10.6. The first-order valence-electron chi connectivity index (χ1n) is 5.26. The Kier molecular flexibility index (Phi) is 3.27. The number of carboxylic acid groups (broad SMARTS) is 1. The third kappa shape index (κ3) is 2.55. The molecule has 5 nitrogen and oxygen atoms in total. The van der Waals surface area contributed by atoms with Gasteiger partial charge < -0.3 is 14.6 Å². The Balaban J connectivity index is 2.20. The molecule has 1 aromatic rings. The summed E-state index contributed by atoms with van der Waals surface area (Å²) in [5.74, 6) is 0.250. The average Bonchev–Trinajstić information content (AvgIpc) is 2.76. The third-order valence-corrected chi connectivity index (χ3v) is 2.46. The fourth-order valence-electron chi connectivity index (χ4n) is 1.69. The van der Waals surface area contributed by atoms with Gasteiger partial charge in [-0.2, -0.15) is 0 Å². The number of ether oxygens (including phenoxy) is 2. The van der Waals surface area contributed by atoms with Gasteiger partial charge in [-0.05, 0) is 12.1 Å².